The third kappa shape index (κ3) is 7.87. The van der Waals surface area contributed by atoms with Crippen molar-refractivity contribution in [2.45, 2.75) is 44.6 Å². The van der Waals surface area contributed by atoms with E-state index in [2.05, 4.69) is 81.0 Å². The van der Waals surface area contributed by atoms with Gasteiger partial charge in [-0.05, 0) is 54.6 Å². The van der Waals surface area contributed by atoms with Gasteiger partial charge in [0.05, 0.1) is 24.3 Å². The molecule has 9 heteroatoms. The fourth-order valence-corrected chi connectivity index (χ4v) is 5.78. The molecule has 1 amide bonds. The Balaban J connectivity index is 1.14. The molecule has 5 rings (SSSR count). The third-order valence-electron chi connectivity index (χ3n) is 8.43. The minimum atomic E-state index is -0.278. The molecular formula is C34H43N7O2. The summed E-state index contributed by atoms with van der Waals surface area (Å²) in [4.78, 5) is 22.3. The predicted molar refractivity (Wildman–Crippen MR) is 173 cm³/mol. The highest BCUT2D eigenvalue weighted by atomic mass is 16.5. The number of nitrogens with one attached hydrogen (secondary N) is 3. The summed E-state index contributed by atoms with van der Waals surface area (Å²) < 4.78 is 6.30. The fraction of sp³-hybridized carbons (Fsp3) is 0.382. The maximum absolute atomic E-state index is 13.2. The van der Waals surface area contributed by atoms with Crippen LogP contribution in [0.4, 0.5) is 5.82 Å². The van der Waals surface area contributed by atoms with E-state index in [0.717, 1.165) is 57.5 Å². The monoisotopic (exact) mass is 581 g/mol. The highest BCUT2D eigenvalue weighted by Gasteiger charge is 2.30. The van der Waals surface area contributed by atoms with E-state index >= 15 is 0 Å². The summed E-state index contributed by atoms with van der Waals surface area (Å²) >= 11 is 0. The van der Waals surface area contributed by atoms with Gasteiger partial charge in [0.1, 0.15) is 5.82 Å². The van der Waals surface area contributed by atoms with Crippen molar-refractivity contribution >= 4 is 23.5 Å². The number of rotatable bonds is 11. The molecule has 43 heavy (non-hydrogen) atoms. The van der Waals surface area contributed by atoms with Gasteiger partial charge in [0.25, 0.3) is 5.91 Å². The average Bonchev–Trinajstić information content (AvgIpc) is 3.47. The van der Waals surface area contributed by atoms with E-state index in [1.807, 2.05) is 0 Å². The second-order valence-corrected chi connectivity index (χ2v) is 11.5. The number of likely N-dealkylation sites (N-methyl/N-ethyl adjacent to an activating group) is 1. The molecule has 1 aromatic heterocycles. The second kappa shape index (κ2) is 14.4. The maximum Gasteiger partial charge on any atom is 0.255 e. The molecule has 2 aromatic carbocycles. The Bertz CT molecular complexity index is 1410. The van der Waals surface area contributed by atoms with Crippen molar-refractivity contribution in [2.24, 2.45) is 0 Å². The van der Waals surface area contributed by atoms with E-state index in [9.17, 15) is 4.79 Å². The van der Waals surface area contributed by atoms with Crippen molar-refractivity contribution in [3.05, 3.63) is 89.2 Å². The zero-order valence-corrected chi connectivity index (χ0v) is 25.2. The molecule has 2 unspecified atom stereocenters. The average molecular weight is 582 g/mol. The molecule has 3 aromatic rings. The maximum atomic E-state index is 13.2. The number of allylic oxidation sites excluding steroid dienone is 1. The van der Waals surface area contributed by atoms with Crippen LogP contribution in [0.2, 0.25) is 0 Å². The van der Waals surface area contributed by atoms with Crippen LogP contribution in [0.5, 0.6) is 0 Å². The highest BCUT2D eigenvalue weighted by Crippen LogP contribution is 2.26. The molecule has 2 heterocycles. The Kier molecular flexibility index (Phi) is 10.2. The molecule has 1 aliphatic heterocycles. The Morgan fingerprint density at radius 1 is 1.05 bits per heavy atom. The van der Waals surface area contributed by atoms with Crippen LogP contribution < -0.4 is 16.4 Å². The van der Waals surface area contributed by atoms with Gasteiger partial charge in [0.15, 0.2) is 0 Å². The summed E-state index contributed by atoms with van der Waals surface area (Å²) in [5.74, 6) is -0.115. The number of aromatic nitrogens is 1. The zero-order chi connectivity index (χ0) is 30.2. The first kappa shape index (κ1) is 30.4. The molecule has 5 N–H and O–H groups in total. The molecule has 1 saturated carbocycles. The van der Waals surface area contributed by atoms with Crippen molar-refractivity contribution in [3.63, 3.8) is 0 Å². The molecule has 0 spiro atoms. The van der Waals surface area contributed by atoms with Crippen LogP contribution >= 0.6 is 0 Å². The van der Waals surface area contributed by atoms with E-state index in [-0.39, 0.29) is 23.9 Å². The number of anilines is 1. The molecule has 2 atom stereocenters. The minimum Gasteiger partial charge on any atom is -0.393 e. The molecule has 226 valence electrons. The van der Waals surface area contributed by atoms with Crippen molar-refractivity contribution in [2.75, 3.05) is 46.0 Å². The standard InChI is InChI=1S/C34H43N7O2/c1-37-20-29(19-35)28-18-30(33(36)38-21-28)34(42)39-31-4-3-5-32(31)43-23-25-8-12-27(13-9-25)26-10-6-24(7-11-26)22-41-16-14-40(2)15-17-41/h6-13,18-21,31-32,35,37H,3-5,14-17,22-23H2,1-2H3,(H2,36,38)(H,39,42)/b29-20+,35-19?. The number of nitrogens with zero attached hydrogens (tertiary/aromatic N) is 3. The summed E-state index contributed by atoms with van der Waals surface area (Å²) in [6, 6.07) is 19.0. The number of hydrogen-bond acceptors (Lipinski definition) is 8. The number of nitrogen functional groups attached to an aromatic ring is 1. The van der Waals surface area contributed by atoms with E-state index in [1.54, 1.807) is 25.5 Å². The van der Waals surface area contributed by atoms with Gasteiger partial charge in [-0.3, -0.25) is 9.69 Å². The van der Waals surface area contributed by atoms with Crippen molar-refractivity contribution < 1.29 is 9.53 Å². The summed E-state index contributed by atoms with van der Waals surface area (Å²) in [5, 5.41) is 13.7. The first-order valence-corrected chi connectivity index (χ1v) is 15.1. The number of carbonyl (C=O) groups excluding carboxylic acids is 1. The lowest BCUT2D eigenvalue weighted by Gasteiger charge is -2.32. The van der Waals surface area contributed by atoms with Gasteiger partial charge >= 0.3 is 0 Å². The number of hydrogen-bond donors (Lipinski definition) is 4. The van der Waals surface area contributed by atoms with Crippen LogP contribution in [0.25, 0.3) is 16.7 Å². The molecule has 9 nitrogen and oxygen atoms in total. The molecule has 1 aliphatic carbocycles. The lowest BCUT2D eigenvalue weighted by atomic mass is 10.0. The SMILES string of the molecule is CN/C=C(\C=N)c1cnc(N)c(C(=O)NC2CCCC2OCc2ccc(-c3ccc(CN4CCN(C)CC4)cc3)cc2)c1. The highest BCUT2D eigenvalue weighted by molar-refractivity contribution is 6.09. The number of nitrogens with two attached hydrogens (primary N) is 1. The summed E-state index contributed by atoms with van der Waals surface area (Å²) in [6.07, 6.45) is 7.11. The number of amides is 1. The van der Waals surface area contributed by atoms with Gasteiger partial charge in [-0.2, -0.15) is 0 Å². The molecular weight excluding hydrogens is 538 g/mol. The van der Waals surface area contributed by atoms with Crippen LogP contribution in [0.15, 0.2) is 67.0 Å². The zero-order valence-electron chi connectivity index (χ0n) is 25.2. The van der Waals surface area contributed by atoms with Crippen molar-refractivity contribution in [1.29, 1.82) is 5.41 Å². The van der Waals surface area contributed by atoms with Gasteiger partial charge < -0.3 is 31.4 Å². The predicted octanol–water partition coefficient (Wildman–Crippen LogP) is 4.16. The quantitative estimate of drug-likeness (QED) is 0.251. The van der Waals surface area contributed by atoms with E-state index < -0.39 is 0 Å². The largest absolute Gasteiger partial charge is 0.393 e. The number of piperazine rings is 1. The summed E-state index contributed by atoms with van der Waals surface area (Å²) in [7, 11) is 3.94. The topological polar surface area (TPSA) is 120 Å². The van der Waals surface area contributed by atoms with Crippen LogP contribution in [0.3, 0.4) is 0 Å². The number of carbonyl (C=O) groups is 1. The van der Waals surface area contributed by atoms with Crippen LogP contribution in [-0.2, 0) is 17.9 Å². The van der Waals surface area contributed by atoms with E-state index in [1.165, 1.54) is 22.9 Å². The van der Waals surface area contributed by atoms with Crippen LogP contribution in [-0.4, -0.2) is 79.3 Å². The first-order valence-electron chi connectivity index (χ1n) is 15.1. The minimum absolute atomic E-state index is 0.0739. The number of benzene rings is 2. The Labute approximate surface area is 254 Å². The van der Waals surface area contributed by atoms with Crippen LogP contribution in [0.1, 0.15) is 46.3 Å². The van der Waals surface area contributed by atoms with Gasteiger partial charge in [0.2, 0.25) is 0 Å². The molecule has 0 radical (unpaired) electrons. The molecule has 2 aliphatic rings. The van der Waals surface area contributed by atoms with E-state index in [0.29, 0.717) is 23.3 Å². The molecule has 0 bridgehead atoms. The van der Waals surface area contributed by atoms with Crippen LogP contribution in [0, 0.1) is 5.41 Å². The van der Waals surface area contributed by atoms with Crippen molar-refractivity contribution in [3.8, 4) is 11.1 Å². The number of pyridine rings is 1. The summed E-state index contributed by atoms with van der Waals surface area (Å²) in [6.45, 7) is 6.00. The normalized spacial score (nSPS) is 19.7. The first-order chi connectivity index (χ1) is 20.9. The van der Waals surface area contributed by atoms with Gasteiger partial charge in [0, 0.05) is 69.5 Å². The van der Waals surface area contributed by atoms with Crippen molar-refractivity contribution in [1.82, 2.24) is 25.4 Å². The summed E-state index contributed by atoms with van der Waals surface area (Å²) in [5.41, 5.74) is 12.5. The lowest BCUT2D eigenvalue weighted by molar-refractivity contribution is 0.0272. The molecule has 1 saturated heterocycles. The van der Waals surface area contributed by atoms with Gasteiger partial charge in [-0.15, -0.1) is 0 Å². The lowest BCUT2D eigenvalue weighted by Crippen LogP contribution is -2.43. The van der Waals surface area contributed by atoms with Gasteiger partial charge in [-0.1, -0.05) is 48.5 Å². The van der Waals surface area contributed by atoms with E-state index in [4.69, 9.17) is 15.9 Å². The molecule has 2 fully saturated rings. The number of ether oxygens (including phenoxy) is 1. The fourth-order valence-electron chi connectivity index (χ4n) is 5.78. The smallest absolute Gasteiger partial charge is 0.255 e. The second-order valence-electron chi connectivity index (χ2n) is 11.5. The Morgan fingerprint density at radius 2 is 1.72 bits per heavy atom. The Hall–Kier alpha value is -4.05. The third-order valence-corrected chi connectivity index (χ3v) is 8.43. The van der Waals surface area contributed by atoms with Gasteiger partial charge in [-0.25, -0.2) is 4.98 Å². The Morgan fingerprint density at radius 3 is 2.37 bits per heavy atom.